The molecule has 0 unspecified atom stereocenters. The van der Waals surface area contributed by atoms with Gasteiger partial charge in [0.2, 0.25) is 0 Å². The summed E-state index contributed by atoms with van der Waals surface area (Å²) in [4.78, 5) is 0. The van der Waals surface area contributed by atoms with E-state index in [1.165, 1.54) is 11.1 Å². The van der Waals surface area contributed by atoms with E-state index in [1.807, 2.05) is 24.3 Å². The van der Waals surface area contributed by atoms with Crippen LogP contribution in [-0.2, 0) is 6.42 Å². The summed E-state index contributed by atoms with van der Waals surface area (Å²) in [6.45, 7) is 0. The SMILES string of the molecule is Clc1ccc(CC=C2C=CC=C2)cc1. The highest BCUT2D eigenvalue weighted by atomic mass is 35.5. The van der Waals surface area contributed by atoms with Gasteiger partial charge in [0.05, 0.1) is 0 Å². The van der Waals surface area contributed by atoms with Crippen LogP contribution in [0.3, 0.4) is 0 Å². The maximum atomic E-state index is 5.80. The highest BCUT2D eigenvalue weighted by Crippen LogP contribution is 2.12. The summed E-state index contributed by atoms with van der Waals surface area (Å²) in [5.74, 6) is 0. The maximum absolute atomic E-state index is 5.80. The van der Waals surface area contributed by atoms with Crippen LogP contribution in [-0.4, -0.2) is 0 Å². The third-order valence-corrected chi connectivity index (χ3v) is 2.43. The molecule has 0 fully saturated rings. The first-order valence-electron chi connectivity index (χ1n) is 4.64. The average Bonchev–Trinajstić information content (AvgIpc) is 2.70. The number of allylic oxidation sites excluding steroid dienone is 6. The second-order valence-corrected chi connectivity index (χ2v) is 3.69. The molecule has 1 aromatic rings. The molecule has 0 amide bonds. The Morgan fingerprint density at radius 3 is 2.29 bits per heavy atom. The van der Waals surface area contributed by atoms with Gasteiger partial charge in [0, 0.05) is 5.02 Å². The minimum absolute atomic E-state index is 0.794. The van der Waals surface area contributed by atoms with Gasteiger partial charge in [-0.05, 0) is 29.7 Å². The van der Waals surface area contributed by atoms with Gasteiger partial charge >= 0.3 is 0 Å². The molecule has 1 aliphatic rings. The second-order valence-electron chi connectivity index (χ2n) is 3.25. The minimum atomic E-state index is 0.794. The van der Waals surface area contributed by atoms with Crippen LogP contribution in [0.4, 0.5) is 0 Å². The van der Waals surface area contributed by atoms with Crippen molar-refractivity contribution in [2.45, 2.75) is 6.42 Å². The maximum Gasteiger partial charge on any atom is 0.0406 e. The summed E-state index contributed by atoms with van der Waals surface area (Å²) < 4.78 is 0. The second kappa shape index (κ2) is 4.30. The molecule has 0 bridgehead atoms. The van der Waals surface area contributed by atoms with Gasteiger partial charge in [0.25, 0.3) is 0 Å². The summed E-state index contributed by atoms with van der Waals surface area (Å²) in [5.41, 5.74) is 2.57. The van der Waals surface area contributed by atoms with Crippen molar-refractivity contribution in [1.29, 1.82) is 0 Å². The molecule has 0 radical (unpaired) electrons. The van der Waals surface area contributed by atoms with Crippen LogP contribution in [0.2, 0.25) is 5.02 Å². The first-order valence-corrected chi connectivity index (χ1v) is 5.02. The largest absolute Gasteiger partial charge is 0.0843 e. The van der Waals surface area contributed by atoms with Gasteiger partial charge in [-0.3, -0.25) is 0 Å². The predicted octanol–water partition coefficient (Wildman–Crippen LogP) is 3.93. The fourth-order valence-electron chi connectivity index (χ4n) is 1.38. The topological polar surface area (TPSA) is 0 Å². The van der Waals surface area contributed by atoms with Crippen molar-refractivity contribution in [3.63, 3.8) is 0 Å². The van der Waals surface area contributed by atoms with E-state index in [9.17, 15) is 0 Å². The lowest BCUT2D eigenvalue weighted by atomic mass is 10.1. The molecule has 0 heterocycles. The van der Waals surface area contributed by atoms with E-state index in [0.717, 1.165) is 11.4 Å². The average molecular weight is 203 g/mol. The van der Waals surface area contributed by atoms with Gasteiger partial charge in [-0.25, -0.2) is 0 Å². The van der Waals surface area contributed by atoms with E-state index in [-0.39, 0.29) is 0 Å². The summed E-state index contributed by atoms with van der Waals surface area (Å²) in [6.07, 6.45) is 11.5. The Hall–Kier alpha value is -1.27. The molecule has 1 heteroatoms. The van der Waals surface area contributed by atoms with Crippen molar-refractivity contribution in [2.75, 3.05) is 0 Å². The van der Waals surface area contributed by atoms with E-state index in [4.69, 9.17) is 11.6 Å². The lowest BCUT2D eigenvalue weighted by molar-refractivity contribution is 1.26. The van der Waals surface area contributed by atoms with Crippen molar-refractivity contribution < 1.29 is 0 Å². The van der Waals surface area contributed by atoms with Crippen molar-refractivity contribution in [2.24, 2.45) is 0 Å². The summed E-state index contributed by atoms with van der Waals surface area (Å²) >= 11 is 5.80. The molecule has 0 atom stereocenters. The first kappa shape index (κ1) is 9.29. The number of hydrogen-bond donors (Lipinski definition) is 0. The highest BCUT2D eigenvalue weighted by Gasteiger charge is 1.93. The van der Waals surface area contributed by atoms with Crippen LogP contribution < -0.4 is 0 Å². The van der Waals surface area contributed by atoms with Crippen molar-refractivity contribution in [1.82, 2.24) is 0 Å². The van der Waals surface area contributed by atoms with Gasteiger partial charge in [0.1, 0.15) is 0 Å². The molecule has 0 spiro atoms. The molecule has 2 rings (SSSR count). The van der Waals surface area contributed by atoms with Crippen LogP contribution in [0, 0.1) is 0 Å². The molecule has 14 heavy (non-hydrogen) atoms. The monoisotopic (exact) mass is 202 g/mol. The Balaban J connectivity index is 2.04. The third kappa shape index (κ3) is 2.36. The Labute approximate surface area is 89.2 Å². The fraction of sp³-hybridized carbons (Fsp3) is 0.0769. The van der Waals surface area contributed by atoms with E-state index < -0.39 is 0 Å². The van der Waals surface area contributed by atoms with Crippen LogP contribution >= 0.6 is 11.6 Å². The minimum Gasteiger partial charge on any atom is -0.0843 e. The quantitative estimate of drug-likeness (QED) is 0.682. The number of rotatable bonds is 2. The molecule has 70 valence electrons. The third-order valence-electron chi connectivity index (χ3n) is 2.18. The van der Waals surface area contributed by atoms with Gasteiger partial charge < -0.3 is 0 Å². The lowest BCUT2D eigenvalue weighted by Crippen LogP contribution is -1.80. The Morgan fingerprint density at radius 1 is 1.00 bits per heavy atom. The molecule has 0 saturated heterocycles. The number of benzene rings is 1. The zero-order valence-corrected chi connectivity index (χ0v) is 8.54. The van der Waals surface area contributed by atoms with Gasteiger partial charge in [-0.15, -0.1) is 0 Å². The molecular weight excluding hydrogens is 192 g/mol. The summed E-state index contributed by atoms with van der Waals surface area (Å²) in [6, 6.07) is 7.97. The predicted molar refractivity (Wildman–Crippen MR) is 61.5 cm³/mol. The van der Waals surface area contributed by atoms with E-state index in [0.29, 0.717) is 0 Å². The first-order chi connectivity index (χ1) is 6.84. The number of halogens is 1. The molecule has 0 N–H and O–H groups in total. The molecule has 1 aliphatic carbocycles. The molecule has 0 saturated carbocycles. The van der Waals surface area contributed by atoms with Crippen LogP contribution in [0.5, 0.6) is 0 Å². The van der Waals surface area contributed by atoms with Gasteiger partial charge in [0.15, 0.2) is 0 Å². The van der Waals surface area contributed by atoms with Crippen molar-refractivity contribution in [3.05, 3.63) is 70.8 Å². The smallest absolute Gasteiger partial charge is 0.0406 e. The zero-order chi connectivity index (χ0) is 9.80. The lowest BCUT2D eigenvalue weighted by Gasteiger charge is -1.97. The molecule has 0 aliphatic heterocycles. The number of hydrogen-bond acceptors (Lipinski definition) is 0. The molecular formula is C13H11Cl. The molecule has 1 aromatic carbocycles. The Kier molecular flexibility index (Phi) is 2.85. The molecule has 0 nitrogen and oxygen atoms in total. The van der Waals surface area contributed by atoms with Crippen molar-refractivity contribution in [3.8, 4) is 0 Å². The summed E-state index contributed by atoms with van der Waals surface area (Å²) in [5, 5.41) is 0.794. The fourth-order valence-corrected chi connectivity index (χ4v) is 1.51. The van der Waals surface area contributed by atoms with Gasteiger partial charge in [-0.2, -0.15) is 0 Å². The van der Waals surface area contributed by atoms with Crippen LogP contribution in [0.25, 0.3) is 0 Å². The Morgan fingerprint density at radius 2 is 1.64 bits per heavy atom. The highest BCUT2D eigenvalue weighted by molar-refractivity contribution is 6.30. The van der Waals surface area contributed by atoms with E-state index in [2.05, 4.69) is 30.4 Å². The zero-order valence-electron chi connectivity index (χ0n) is 7.78. The van der Waals surface area contributed by atoms with Crippen molar-refractivity contribution >= 4 is 11.6 Å². The standard InChI is InChI=1S/C13H11Cl/c14-13-9-7-12(8-10-13)6-5-11-3-1-2-4-11/h1-5,7-10H,6H2. The summed E-state index contributed by atoms with van der Waals surface area (Å²) in [7, 11) is 0. The van der Waals surface area contributed by atoms with E-state index >= 15 is 0 Å². The van der Waals surface area contributed by atoms with E-state index in [1.54, 1.807) is 0 Å². The normalized spacial score (nSPS) is 13.6. The van der Waals surface area contributed by atoms with Gasteiger partial charge in [-0.1, -0.05) is 54.1 Å². The van der Waals surface area contributed by atoms with Crippen LogP contribution in [0.15, 0.2) is 60.2 Å². The van der Waals surface area contributed by atoms with Crippen LogP contribution in [0.1, 0.15) is 5.56 Å². The molecule has 0 aromatic heterocycles. The Bertz CT molecular complexity index is 380.